The van der Waals surface area contributed by atoms with Crippen LogP contribution in [0.25, 0.3) is 0 Å². The molecule has 0 unspecified atom stereocenters. The van der Waals surface area contributed by atoms with Crippen LogP contribution in [0.15, 0.2) is 40.9 Å². The molecule has 2 rings (SSSR count). The molecular formula is C20H23BrN2O2. The summed E-state index contributed by atoms with van der Waals surface area (Å²) in [6.07, 6.45) is 0.574. The molecule has 0 saturated heterocycles. The van der Waals surface area contributed by atoms with E-state index in [-0.39, 0.29) is 18.2 Å². The van der Waals surface area contributed by atoms with Crippen LogP contribution in [0.1, 0.15) is 28.7 Å². The molecule has 2 aromatic rings. The van der Waals surface area contributed by atoms with Crippen molar-refractivity contribution in [2.45, 2.75) is 33.6 Å². The minimum absolute atomic E-state index is 0.0693. The summed E-state index contributed by atoms with van der Waals surface area (Å²) in [6.45, 7) is 6.27. The number of aryl methyl sites for hydroxylation is 3. The van der Waals surface area contributed by atoms with Gasteiger partial charge >= 0.3 is 0 Å². The zero-order chi connectivity index (χ0) is 18.4. The summed E-state index contributed by atoms with van der Waals surface area (Å²) >= 11 is 3.39. The lowest BCUT2D eigenvalue weighted by molar-refractivity contribution is -0.120. The summed E-state index contributed by atoms with van der Waals surface area (Å²) in [5.41, 5.74) is 5.03. The zero-order valence-corrected chi connectivity index (χ0v) is 16.4. The van der Waals surface area contributed by atoms with E-state index in [1.807, 2.05) is 57.2 Å². The van der Waals surface area contributed by atoms with E-state index in [1.54, 1.807) is 0 Å². The average molecular weight is 403 g/mol. The second-order valence-electron chi connectivity index (χ2n) is 6.21. The largest absolute Gasteiger partial charge is 0.355 e. The van der Waals surface area contributed by atoms with Gasteiger partial charge in [0.25, 0.3) is 0 Å². The number of carbonyl (C=O) groups excluding carboxylic acids is 2. The maximum atomic E-state index is 12.1. The minimum atomic E-state index is -0.117. The molecule has 2 amide bonds. The Morgan fingerprint density at radius 1 is 0.960 bits per heavy atom. The van der Waals surface area contributed by atoms with Crippen molar-refractivity contribution >= 4 is 33.4 Å². The van der Waals surface area contributed by atoms with E-state index in [4.69, 9.17) is 0 Å². The topological polar surface area (TPSA) is 58.2 Å². The fourth-order valence-electron chi connectivity index (χ4n) is 2.48. The van der Waals surface area contributed by atoms with Crippen molar-refractivity contribution in [3.05, 3.63) is 63.1 Å². The van der Waals surface area contributed by atoms with Crippen molar-refractivity contribution in [3.8, 4) is 0 Å². The van der Waals surface area contributed by atoms with Crippen molar-refractivity contribution in [3.63, 3.8) is 0 Å². The van der Waals surface area contributed by atoms with E-state index in [0.717, 1.165) is 32.4 Å². The van der Waals surface area contributed by atoms with Gasteiger partial charge in [-0.2, -0.15) is 0 Å². The maximum Gasteiger partial charge on any atom is 0.226 e. The molecule has 25 heavy (non-hydrogen) atoms. The highest BCUT2D eigenvalue weighted by Crippen LogP contribution is 2.20. The lowest BCUT2D eigenvalue weighted by Gasteiger charge is -2.10. The molecule has 2 N–H and O–H groups in total. The number of hydrogen-bond acceptors (Lipinski definition) is 2. The second-order valence-corrected chi connectivity index (χ2v) is 7.13. The van der Waals surface area contributed by atoms with Gasteiger partial charge in [-0.05, 0) is 49.6 Å². The minimum Gasteiger partial charge on any atom is -0.355 e. The van der Waals surface area contributed by atoms with Crippen LogP contribution in [-0.4, -0.2) is 18.4 Å². The fraction of sp³-hybridized carbons (Fsp3) is 0.300. The van der Waals surface area contributed by atoms with Crippen molar-refractivity contribution in [1.82, 2.24) is 5.32 Å². The normalized spacial score (nSPS) is 10.4. The van der Waals surface area contributed by atoms with Crippen molar-refractivity contribution in [2.75, 3.05) is 11.9 Å². The Morgan fingerprint density at radius 3 is 2.44 bits per heavy atom. The summed E-state index contributed by atoms with van der Waals surface area (Å²) in [6, 6.07) is 11.8. The molecule has 0 radical (unpaired) electrons. The predicted octanol–water partition coefficient (Wildman–Crippen LogP) is 4.06. The molecule has 0 saturated carbocycles. The highest BCUT2D eigenvalue weighted by atomic mass is 79.9. The molecule has 132 valence electrons. The number of amides is 2. The molecule has 0 bridgehead atoms. The molecule has 5 heteroatoms. The number of halogens is 1. The highest BCUT2D eigenvalue weighted by Gasteiger charge is 2.09. The van der Waals surface area contributed by atoms with Crippen LogP contribution in [0.4, 0.5) is 5.69 Å². The first kappa shape index (κ1) is 19.2. The van der Waals surface area contributed by atoms with Gasteiger partial charge in [-0.1, -0.05) is 45.8 Å². The van der Waals surface area contributed by atoms with Gasteiger partial charge in [0.1, 0.15) is 0 Å². The molecule has 4 nitrogen and oxygen atoms in total. The Labute approximate surface area is 157 Å². The van der Waals surface area contributed by atoms with Gasteiger partial charge in [0.05, 0.1) is 6.42 Å². The number of carbonyl (C=O) groups is 2. The van der Waals surface area contributed by atoms with Crippen LogP contribution in [0.5, 0.6) is 0 Å². The van der Waals surface area contributed by atoms with Gasteiger partial charge in [-0.15, -0.1) is 0 Å². The van der Waals surface area contributed by atoms with Crippen LogP contribution in [-0.2, 0) is 16.0 Å². The number of hydrogen-bond donors (Lipinski definition) is 2. The Bertz CT molecular complexity index is 722. The number of anilines is 1. The lowest BCUT2D eigenvalue weighted by Crippen LogP contribution is -2.29. The lowest BCUT2D eigenvalue weighted by atomic mass is 10.0. The molecule has 0 heterocycles. The van der Waals surface area contributed by atoms with Gasteiger partial charge < -0.3 is 10.6 Å². The van der Waals surface area contributed by atoms with E-state index < -0.39 is 0 Å². The fourth-order valence-corrected chi connectivity index (χ4v) is 2.84. The number of nitrogens with one attached hydrogen (secondary N) is 2. The van der Waals surface area contributed by atoms with Gasteiger partial charge in [-0.25, -0.2) is 0 Å². The maximum absolute atomic E-state index is 12.1. The monoisotopic (exact) mass is 402 g/mol. The smallest absolute Gasteiger partial charge is 0.226 e. The van der Waals surface area contributed by atoms with Crippen molar-refractivity contribution < 1.29 is 9.59 Å². The summed E-state index contributed by atoms with van der Waals surface area (Å²) in [4.78, 5) is 24.1. The van der Waals surface area contributed by atoms with Gasteiger partial charge in [-0.3, -0.25) is 9.59 Å². The third kappa shape index (κ3) is 6.02. The summed E-state index contributed by atoms with van der Waals surface area (Å²) in [7, 11) is 0. The molecule has 2 aromatic carbocycles. The van der Waals surface area contributed by atoms with Crippen LogP contribution < -0.4 is 10.6 Å². The molecule has 0 aliphatic carbocycles. The standard InChI is InChI=1S/C20H23BrN2O2/c1-13-4-5-14(2)16(10-13)11-20(25)22-9-8-19(24)23-18-12-17(21)7-6-15(18)3/h4-7,10,12H,8-9,11H2,1-3H3,(H,22,25)(H,23,24). The van der Waals surface area contributed by atoms with E-state index in [0.29, 0.717) is 13.0 Å². The first-order chi connectivity index (χ1) is 11.8. The van der Waals surface area contributed by atoms with E-state index >= 15 is 0 Å². The Kier molecular flexibility index (Phi) is 6.76. The van der Waals surface area contributed by atoms with Crippen molar-refractivity contribution in [2.24, 2.45) is 0 Å². The van der Waals surface area contributed by atoms with Gasteiger partial charge in [0, 0.05) is 23.1 Å². The van der Waals surface area contributed by atoms with E-state index in [2.05, 4.69) is 26.6 Å². The molecule has 0 aromatic heterocycles. The van der Waals surface area contributed by atoms with Crippen LogP contribution in [0.2, 0.25) is 0 Å². The first-order valence-corrected chi connectivity index (χ1v) is 9.03. The summed E-state index contributed by atoms with van der Waals surface area (Å²) in [5, 5.41) is 5.68. The first-order valence-electron chi connectivity index (χ1n) is 8.24. The Hall–Kier alpha value is -2.14. The molecule has 0 atom stereocenters. The SMILES string of the molecule is Cc1ccc(C)c(CC(=O)NCCC(=O)Nc2cc(Br)ccc2C)c1. The van der Waals surface area contributed by atoms with E-state index in [1.165, 1.54) is 0 Å². The number of rotatable bonds is 6. The third-order valence-electron chi connectivity index (χ3n) is 4.00. The van der Waals surface area contributed by atoms with Crippen LogP contribution in [0.3, 0.4) is 0 Å². The third-order valence-corrected chi connectivity index (χ3v) is 4.50. The Morgan fingerprint density at radius 2 is 1.68 bits per heavy atom. The number of benzene rings is 2. The van der Waals surface area contributed by atoms with Gasteiger partial charge in [0.2, 0.25) is 11.8 Å². The average Bonchev–Trinajstić information content (AvgIpc) is 2.54. The zero-order valence-electron chi connectivity index (χ0n) is 14.8. The Balaban J connectivity index is 1.79. The highest BCUT2D eigenvalue weighted by molar-refractivity contribution is 9.10. The second kappa shape index (κ2) is 8.81. The van der Waals surface area contributed by atoms with Crippen LogP contribution >= 0.6 is 15.9 Å². The van der Waals surface area contributed by atoms with Gasteiger partial charge in [0.15, 0.2) is 0 Å². The molecule has 0 fully saturated rings. The van der Waals surface area contributed by atoms with Crippen molar-refractivity contribution in [1.29, 1.82) is 0 Å². The van der Waals surface area contributed by atoms with Crippen LogP contribution in [0, 0.1) is 20.8 Å². The molecule has 0 spiro atoms. The molecule has 0 aliphatic rings. The molecule has 0 aliphatic heterocycles. The summed E-state index contributed by atoms with van der Waals surface area (Å²) < 4.78 is 0.912. The predicted molar refractivity (Wildman–Crippen MR) is 105 cm³/mol. The van der Waals surface area contributed by atoms with E-state index in [9.17, 15) is 9.59 Å². The summed E-state index contributed by atoms with van der Waals surface area (Å²) in [5.74, 6) is -0.187. The molecular weight excluding hydrogens is 380 g/mol. The quantitative estimate of drug-likeness (QED) is 0.764.